The fourth-order valence-electron chi connectivity index (χ4n) is 2.84. The second-order valence-corrected chi connectivity index (χ2v) is 7.19. The minimum Gasteiger partial charge on any atom is -0.490 e. The lowest BCUT2D eigenvalue weighted by Gasteiger charge is -2.12. The molecule has 0 unspecified atom stereocenters. The molecular weight excluding hydrogens is 426 g/mol. The number of rotatable bonds is 10. The number of benzene rings is 1. The Morgan fingerprint density at radius 1 is 1.18 bits per heavy atom. The Morgan fingerprint density at radius 3 is 2.73 bits per heavy atom. The van der Waals surface area contributed by atoms with Crippen molar-refractivity contribution < 1.29 is 14.3 Å². The van der Waals surface area contributed by atoms with E-state index >= 15 is 0 Å². The number of ether oxygens (including phenoxy) is 2. The quantitative estimate of drug-likeness (QED) is 0.273. The van der Waals surface area contributed by atoms with Crippen LogP contribution in [0.5, 0.6) is 11.5 Å². The Bertz CT molecular complexity index is 1200. The molecule has 1 aromatic carbocycles. The van der Waals surface area contributed by atoms with Gasteiger partial charge in [-0.3, -0.25) is 14.6 Å². The Labute approximate surface area is 190 Å². The Morgan fingerprint density at radius 2 is 2.00 bits per heavy atom. The van der Waals surface area contributed by atoms with Crippen LogP contribution in [-0.4, -0.2) is 50.3 Å². The summed E-state index contributed by atoms with van der Waals surface area (Å²) in [5.74, 6) is 0.783. The van der Waals surface area contributed by atoms with E-state index in [1.165, 1.54) is 17.8 Å². The summed E-state index contributed by atoms with van der Waals surface area (Å²) in [6, 6.07) is 6.98. The SMILES string of the molecule is CCCCOc1ccc(/C=N\NC(=O)c2cc(C)nn2-c2nnc(C)c(=O)[nH]2)cc1OCC. The van der Waals surface area contributed by atoms with Crippen molar-refractivity contribution in [1.29, 1.82) is 0 Å². The van der Waals surface area contributed by atoms with Gasteiger partial charge in [0.2, 0.25) is 0 Å². The van der Waals surface area contributed by atoms with Gasteiger partial charge in [-0.2, -0.15) is 14.9 Å². The number of carbonyl (C=O) groups excluding carboxylic acids is 1. The van der Waals surface area contributed by atoms with E-state index in [1.807, 2.05) is 19.1 Å². The molecule has 0 aliphatic carbocycles. The molecule has 11 nitrogen and oxygen atoms in total. The van der Waals surface area contributed by atoms with Gasteiger partial charge in [0.1, 0.15) is 11.4 Å². The van der Waals surface area contributed by atoms with E-state index in [0.717, 1.165) is 18.4 Å². The molecule has 2 N–H and O–H groups in total. The lowest BCUT2D eigenvalue weighted by Crippen LogP contribution is -2.24. The highest BCUT2D eigenvalue weighted by Crippen LogP contribution is 2.28. The topological polar surface area (TPSA) is 136 Å². The zero-order chi connectivity index (χ0) is 23.8. The lowest BCUT2D eigenvalue weighted by molar-refractivity contribution is 0.0947. The number of H-pyrrole nitrogens is 1. The van der Waals surface area contributed by atoms with E-state index in [9.17, 15) is 9.59 Å². The molecule has 33 heavy (non-hydrogen) atoms. The second kappa shape index (κ2) is 11.0. The number of hydrazone groups is 1. The van der Waals surface area contributed by atoms with Gasteiger partial charge in [0.05, 0.1) is 25.1 Å². The minimum absolute atomic E-state index is 0.0350. The second-order valence-electron chi connectivity index (χ2n) is 7.19. The molecule has 1 amide bonds. The highest BCUT2D eigenvalue weighted by atomic mass is 16.5. The van der Waals surface area contributed by atoms with Crippen molar-refractivity contribution in [2.75, 3.05) is 13.2 Å². The van der Waals surface area contributed by atoms with Crippen molar-refractivity contribution in [1.82, 2.24) is 30.4 Å². The fourth-order valence-corrected chi connectivity index (χ4v) is 2.84. The molecule has 11 heteroatoms. The van der Waals surface area contributed by atoms with Crippen molar-refractivity contribution in [2.24, 2.45) is 5.10 Å². The number of aryl methyl sites for hydroxylation is 2. The van der Waals surface area contributed by atoms with Gasteiger partial charge in [-0.25, -0.2) is 5.43 Å². The first-order valence-corrected chi connectivity index (χ1v) is 10.7. The predicted molar refractivity (Wildman–Crippen MR) is 122 cm³/mol. The molecule has 174 valence electrons. The van der Waals surface area contributed by atoms with Crippen LogP contribution in [-0.2, 0) is 0 Å². The lowest BCUT2D eigenvalue weighted by atomic mass is 10.2. The van der Waals surface area contributed by atoms with Crippen LogP contribution >= 0.6 is 0 Å². The fraction of sp³-hybridized carbons (Fsp3) is 0.364. The van der Waals surface area contributed by atoms with E-state index in [4.69, 9.17) is 9.47 Å². The normalized spacial score (nSPS) is 11.0. The molecular formula is C22H27N7O4. The first-order chi connectivity index (χ1) is 15.9. The number of amides is 1. The van der Waals surface area contributed by atoms with Crippen molar-refractivity contribution in [3.8, 4) is 17.4 Å². The number of carbonyl (C=O) groups is 1. The maximum absolute atomic E-state index is 12.7. The number of aromatic nitrogens is 5. The van der Waals surface area contributed by atoms with Crippen LogP contribution in [0.2, 0.25) is 0 Å². The van der Waals surface area contributed by atoms with Gasteiger partial charge in [0.25, 0.3) is 17.4 Å². The average molecular weight is 454 g/mol. The minimum atomic E-state index is -0.528. The van der Waals surface area contributed by atoms with Crippen LogP contribution in [0.4, 0.5) is 0 Å². The molecule has 0 spiro atoms. The van der Waals surface area contributed by atoms with Crippen molar-refractivity contribution in [3.63, 3.8) is 0 Å². The number of nitrogens with zero attached hydrogens (tertiary/aromatic N) is 5. The van der Waals surface area contributed by atoms with Gasteiger partial charge in [0.15, 0.2) is 11.5 Å². The molecule has 0 saturated heterocycles. The number of unbranched alkanes of at least 4 members (excludes halogenated alkanes) is 1. The van der Waals surface area contributed by atoms with E-state index in [2.05, 4.69) is 37.7 Å². The molecule has 3 aromatic rings. The smallest absolute Gasteiger partial charge is 0.290 e. The monoisotopic (exact) mass is 453 g/mol. The summed E-state index contributed by atoms with van der Waals surface area (Å²) >= 11 is 0. The van der Waals surface area contributed by atoms with Crippen LogP contribution in [0.15, 0.2) is 34.2 Å². The van der Waals surface area contributed by atoms with E-state index < -0.39 is 11.5 Å². The van der Waals surface area contributed by atoms with Crippen LogP contribution in [0.25, 0.3) is 5.95 Å². The number of aromatic amines is 1. The number of hydrogen-bond acceptors (Lipinski definition) is 8. The van der Waals surface area contributed by atoms with Gasteiger partial charge in [-0.15, -0.1) is 10.2 Å². The zero-order valence-corrected chi connectivity index (χ0v) is 19.1. The predicted octanol–water partition coefficient (Wildman–Crippen LogP) is 2.31. The maximum atomic E-state index is 12.7. The molecule has 0 fully saturated rings. The summed E-state index contributed by atoms with van der Waals surface area (Å²) in [5.41, 5.74) is 3.70. The summed E-state index contributed by atoms with van der Waals surface area (Å²) in [4.78, 5) is 27.1. The van der Waals surface area contributed by atoms with Crippen molar-refractivity contribution >= 4 is 12.1 Å². The highest BCUT2D eigenvalue weighted by molar-refractivity contribution is 5.94. The van der Waals surface area contributed by atoms with Gasteiger partial charge in [-0.05, 0) is 57.0 Å². The average Bonchev–Trinajstić information content (AvgIpc) is 3.19. The first-order valence-electron chi connectivity index (χ1n) is 10.7. The van der Waals surface area contributed by atoms with Crippen LogP contribution < -0.4 is 20.5 Å². The molecule has 0 aliphatic heterocycles. The molecule has 0 bridgehead atoms. The van der Waals surface area contributed by atoms with Gasteiger partial charge in [-0.1, -0.05) is 13.3 Å². The molecule has 0 radical (unpaired) electrons. The third-order valence-electron chi connectivity index (χ3n) is 4.52. The summed E-state index contributed by atoms with van der Waals surface area (Å²) in [7, 11) is 0. The van der Waals surface area contributed by atoms with Crippen LogP contribution in [0.1, 0.15) is 54.1 Å². The number of hydrogen-bond donors (Lipinski definition) is 2. The van der Waals surface area contributed by atoms with Crippen LogP contribution in [0, 0.1) is 13.8 Å². The highest BCUT2D eigenvalue weighted by Gasteiger charge is 2.17. The number of nitrogens with one attached hydrogen (secondary N) is 2. The molecule has 2 heterocycles. The summed E-state index contributed by atoms with van der Waals surface area (Å²) < 4.78 is 12.6. The van der Waals surface area contributed by atoms with E-state index in [0.29, 0.717) is 30.4 Å². The maximum Gasteiger partial charge on any atom is 0.290 e. The van der Waals surface area contributed by atoms with Crippen molar-refractivity contribution in [3.05, 3.63) is 57.3 Å². The summed E-state index contributed by atoms with van der Waals surface area (Å²) in [6.07, 6.45) is 3.50. The van der Waals surface area contributed by atoms with Gasteiger partial charge in [0, 0.05) is 0 Å². The Kier molecular flexibility index (Phi) is 7.90. The standard InChI is InChI=1S/C22H27N7O4/c1-5-7-10-33-18-9-8-16(12-19(18)32-6-2)13-23-26-21(31)17-11-14(3)28-29(17)22-24-20(30)15(4)25-27-22/h8-9,11-13H,5-7,10H2,1-4H3,(H,26,31)(H,24,27,30)/b23-13-. The van der Waals surface area contributed by atoms with Crippen molar-refractivity contribution in [2.45, 2.75) is 40.5 Å². The zero-order valence-electron chi connectivity index (χ0n) is 19.1. The van der Waals surface area contributed by atoms with Crippen LogP contribution in [0.3, 0.4) is 0 Å². The van der Waals surface area contributed by atoms with Gasteiger partial charge >= 0.3 is 0 Å². The molecule has 2 aromatic heterocycles. The van der Waals surface area contributed by atoms with E-state index in [-0.39, 0.29) is 17.3 Å². The molecule has 0 aliphatic rings. The molecule has 0 saturated carbocycles. The third-order valence-corrected chi connectivity index (χ3v) is 4.52. The molecule has 3 rings (SSSR count). The Hall–Kier alpha value is -4.02. The van der Waals surface area contributed by atoms with E-state index in [1.54, 1.807) is 19.1 Å². The Balaban J connectivity index is 1.74. The summed E-state index contributed by atoms with van der Waals surface area (Å²) in [6.45, 7) is 8.36. The summed E-state index contributed by atoms with van der Waals surface area (Å²) in [5, 5.41) is 15.9. The largest absolute Gasteiger partial charge is 0.490 e. The third kappa shape index (κ3) is 6.03. The molecule has 0 atom stereocenters. The van der Waals surface area contributed by atoms with Gasteiger partial charge < -0.3 is 9.47 Å². The first kappa shape index (κ1) is 23.6.